The number of rotatable bonds is 2. The summed E-state index contributed by atoms with van der Waals surface area (Å²) in [4.78, 5) is 0. The molecule has 0 saturated carbocycles. The first kappa shape index (κ1) is 8.52. The van der Waals surface area contributed by atoms with Gasteiger partial charge in [0.25, 0.3) is 0 Å². The molecule has 2 fully saturated rings. The molecule has 2 nitrogen and oxygen atoms in total. The van der Waals surface area contributed by atoms with Crippen LogP contribution in [-0.4, -0.2) is 22.9 Å². The molecule has 12 heavy (non-hydrogen) atoms. The Kier molecular flexibility index (Phi) is 1.92. The fourth-order valence-electron chi connectivity index (χ4n) is 2.60. The zero-order chi connectivity index (χ0) is 8.77. The van der Waals surface area contributed by atoms with Crippen molar-refractivity contribution in [1.29, 1.82) is 0 Å². The molecule has 2 aliphatic rings. The Balaban J connectivity index is 1.91. The lowest BCUT2D eigenvalue weighted by molar-refractivity contribution is 0.0314. The van der Waals surface area contributed by atoms with Crippen molar-refractivity contribution in [3.8, 4) is 0 Å². The zero-order valence-corrected chi connectivity index (χ0v) is 7.92. The third-order valence-corrected chi connectivity index (χ3v) is 2.99. The van der Waals surface area contributed by atoms with Gasteiger partial charge >= 0.3 is 0 Å². The van der Waals surface area contributed by atoms with Crippen molar-refractivity contribution < 1.29 is 9.84 Å². The van der Waals surface area contributed by atoms with Gasteiger partial charge in [-0.3, -0.25) is 0 Å². The summed E-state index contributed by atoms with van der Waals surface area (Å²) in [5, 5.41) is 9.65. The van der Waals surface area contributed by atoms with Gasteiger partial charge in [0.05, 0.1) is 17.8 Å². The monoisotopic (exact) mass is 170 g/mol. The van der Waals surface area contributed by atoms with Gasteiger partial charge in [0.1, 0.15) is 0 Å². The third-order valence-electron chi connectivity index (χ3n) is 2.99. The lowest BCUT2D eigenvalue weighted by Gasteiger charge is -2.25. The van der Waals surface area contributed by atoms with Gasteiger partial charge in [0.2, 0.25) is 0 Å². The predicted molar refractivity (Wildman–Crippen MR) is 46.9 cm³/mol. The number of hydrogen-bond donors (Lipinski definition) is 1. The first-order valence-electron chi connectivity index (χ1n) is 4.92. The van der Waals surface area contributed by atoms with Crippen LogP contribution < -0.4 is 0 Å². The average Bonchev–Trinajstić information content (AvgIpc) is 2.42. The molecular weight excluding hydrogens is 152 g/mol. The van der Waals surface area contributed by atoms with Crippen molar-refractivity contribution in [2.75, 3.05) is 0 Å². The fourth-order valence-corrected chi connectivity index (χ4v) is 2.60. The van der Waals surface area contributed by atoms with Gasteiger partial charge in [-0.25, -0.2) is 0 Å². The highest BCUT2D eigenvalue weighted by Gasteiger charge is 2.42. The molecule has 70 valence electrons. The molecule has 0 aliphatic carbocycles. The van der Waals surface area contributed by atoms with Gasteiger partial charge in [0, 0.05) is 0 Å². The number of fused-ring (bicyclic) bond motifs is 2. The highest BCUT2D eigenvalue weighted by atomic mass is 16.5. The molecule has 2 rings (SSSR count). The molecule has 2 heterocycles. The normalized spacial score (nSPS) is 40.8. The van der Waals surface area contributed by atoms with Gasteiger partial charge in [-0.05, 0) is 45.4 Å². The lowest BCUT2D eigenvalue weighted by atomic mass is 9.82. The van der Waals surface area contributed by atoms with Crippen LogP contribution in [0.5, 0.6) is 0 Å². The Morgan fingerprint density at radius 2 is 2.17 bits per heavy atom. The van der Waals surface area contributed by atoms with E-state index in [4.69, 9.17) is 4.74 Å². The van der Waals surface area contributed by atoms with Gasteiger partial charge < -0.3 is 9.84 Å². The largest absolute Gasteiger partial charge is 0.390 e. The summed E-state index contributed by atoms with van der Waals surface area (Å²) in [6, 6.07) is 0. The Morgan fingerprint density at radius 3 is 2.58 bits per heavy atom. The van der Waals surface area contributed by atoms with E-state index >= 15 is 0 Å². The van der Waals surface area contributed by atoms with Gasteiger partial charge in [-0.2, -0.15) is 0 Å². The molecule has 0 aromatic carbocycles. The highest BCUT2D eigenvalue weighted by Crippen LogP contribution is 2.42. The number of hydrogen-bond acceptors (Lipinski definition) is 2. The van der Waals surface area contributed by atoms with Gasteiger partial charge in [0.15, 0.2) is 0 Å². The topological polar surface area (TPSA) is 29.5 Å². The number of ether oxygens (including phenoxy) is 1. The maximum Gasteiger partial charge on any atom is 0.0610 e. The van der Waals surface area contributed by atoms with Crippen LogP contribution in [0.4, 0.5) is 0 Å². The van der Waals surface area contributed by atoms with Gasteiger partial charge in [-0.1, -0.05) is 0 Å². The van der Waals surface area contributed by atoms with Crippen molar-refractivity contribution in [1.82, 2.24) is 0 Å². The smallest absolute Gasteiger partial charge is 0.0610 e. The minimum Gasteiger partial charge on any atom is -0.390 e. The third kappa shape index (κ3) is 1.64. The Bertz CT molecular complexity index is 171. The molecule has 2 saturated heterocycles. The van der Waals surface area contributed by atoms with E-state index < -0.39 is 5.60 Å². The first-order valence-corrected chi connectivity index (χ1v) is 4.92. The molecule has 0 amide bonds. The lowest BCUT2D eigenvalue weighted by Crippen LogP contribution is -2.28. The summed E-state index contributed by atoms with van der Waals surface area (Å²) in [6.07, 6.45) is 5.50. The summed E-state index contributed by atoms with van der Waals surface area (Å²) < 4.78 is 5.72. The van der Waals surface area contributed by atoms with Crippen molar-refractivity contribution in [3.05, 3.63) is 0 Å². The predicted octanol–water partition coefficient (Wildman–Crippen LogP) is 1.71. The van der Waals surface area contributed by atoms with Crippen LogP contribution in [-0.2, 0) is 4.74 Å². The molecular formula is C10H18O2. The summed E-state index contributed by atoms with van der Waals surface area (Å²) in [7, 11) is 0. The molecule has 0 aromatic rings. The Morgan fingerprint density at radius 1 is 1.42 bits per heavy atom. The second-order valence-electron chi connectivity index (χ2n) is 4.89. The average molecular weight is 170 g/mol. The van der Waals surface area contributed by atoms with Crippen LogP contribution in [0.3, 0.4) is 0 Å². The Labute approximate surface area is 73.9 Å². The molecule has 3 unspecified atom stereocenters. The first-order chi connectivity index (χ1) is 5.54. The molecule has 0 aromatic heterocycles. The molecule has 1 N–H and O–H groups in total. The molecule has 0 radical (unpaired) electrons. The Hall–Kier alpha value is -0.0800. The van der Waals surface area contributed by atoms with E-state index in [2.05, 4.69) is 0 Å². The summed E-state index contributed by atoms with van der Waals surface area (Å²) in [6.45, 7) is 3.78. The van der Waals surface area contributed by atoms with Crippen LogP contribution in [0.15, 0.2) is 0 Å². The number of aliphatic hydroxyl groups is 1. The molecule has 2 heteroatoms. The van der Waals surface area contributed by atoms with Crippen molar-refractivity contribution in [2.24, 2.45) is 5.92 Å². The van der Waals surface area contributed by atoms with Crippen molar-refractivity contribution >= 4 is 0 Å². The van der Waals surface area contributed by atoms with Crippen LogP contribution in [0.2, 0.25) is 0 Å². The molecule has 3 atom stereocenters. The minimum absolute atomic E-state index is 0.460. The van der Waals surface area contributed by atoms with Crippen LogP contribution in [0, 0.1) is 5.92 Å². The molecule has 0 spiro atoms. The van der Waals surface area contributed by atoms with E-state index in [-0.39, 0.29) is 0 Å². The maximum atomic E-state index is 9.65. The standard InChI is InChI=1S/C10H18O2/c1-10(2,11)6-7-5-8-3-4-9(7)12-8/h7-9,11H,3-6H2,1-2H3. The second kappa shape index (κ2) is 2.71. The van der Waals surface area contributed by atoms with Crippen molar-refractivity contribution in [2.45, 2.75) is 57.3 Å². The quantitative estimate of drug-likeness (QED) is 0.683. The van der Waals surface area contributed by atoms with Crippen LogP contribution in [0.1, 0.15) is 39.5 Å². The highest BCUT2D eigenvalue weighted by molar-refractivity contribution is 4.91. The summed E-state index contributed by atoms with van der Waals surface area (Å²) in [5.74, 6) is 0.615. The molecule has 2 bridgehead atoms. The zero-order valence-electron chi connectivity index (χ0n) is 7.92. The maximum absolute atomic E-state index is 9.65. The SMILES string of the molecule is CC(C)(O)CC1CC2CCC1O2. The second-order valence-corrected chi connectivity index (χ2v) is 4.89. The van der Waals surface area contributed by atoms with Crippen LogP contribution in [0.25, 0.3) is 0 Å². The minimum atomic E-state index is -0.515. The summed E-state index contributed by atoms with van der Waals surface area (Å²) >= 11 is 0. The summed E-state index contributed by atoms with van der Waals surface area (Å²) in [5.41, 5.74) is -0.515. The van der Waals surface area contributed by atoms with E-state index in [1.54, 1.807) is 0 Å². The van der Waals surface area contributed by atoms with E-state index in [9.17, 15) is 5.11 Å². The fraction of sp³-hybridized carbons (Fsp3) is 1.00. The van der Waals surface area contributed by atoms with E-state index in [0.717, 1.165) is 6.42 Å². The van der Waals surface area contributed by atoms with Crippen molar-refractivity contribution in [3.63, 3.8) is 0 Å². The van der Waals surface area contributed by atoms with Crippen LogP contribution >= 0.6 is 0 Å². The molecule has 2 aliphatic heterocycles. The van der Waals surface area contributed by atoms with E-state index in [0.29, 0.717) is 18.1 Å². The van der Waals surface area contributed by atoms with E-state index in [1.165, 1.54) is 19.3 Å². The van der Waals surface area contributed by atoms with E-state index in [1.807, 2.05) is 13.8 Å². The van der Waals surface area contributed by atoms with Gasteiger partial charge in [-0.15, -0.1) is 0 Å².